The van der Waals surface area contributed by atoms with Crippen LogP contribution in [0.5, 0.6) is 11.5 Å². The normalized spacial score (nSPS) is 14.8. The van der Waals surface area contributed by atoms with E-state index in [2.05, 4.69) is 9.98 Å². The molecule has 0 saturated heterocycles. The minimum absolute atomic E-state index is 0.0151. The Labute approximate surface area is 565 Å². The SMILES string of the molecule is N#CC(C#N)=C1C(=Nc2cc3c(s2)-c2sc4c5c(sc4c2C(C(=O)OCc2ccccc2)(C(=O)OCc2ccccc2)O3)-c2sc(N=C3C(=O)c4cc(F)c(F)cc4C3=C(C#N)C#N)cc2OC5(C(=O)OCc2ccccc2)C(=O)OCc2ccccc2)C(=O)c2cc(F)c(F)cc21. The van der Waals surface area contributed by atoms with E-state index in [0.717, 1.165) is 45.3 Å². The lowest BCUT2D eigenvalue weighted by Crippen LogP contribution is -2.52. The summed E-state index contributed by atoms with van der Waals surface area (Å²) < 4.78 is 97.8. The van der Waals surface area contributed by atoms with Gasteiger partial charge >= 0.3 is 35.1 Å². The van der Waals surface area contributed by atoms with Crippen molar-refractivity contribution < 1.29 is 74.8 Å². The van der Waals surface area contributed by atoms with Crippen LogP contribution < -0.4 is 9.47 Å². The van der Waals surface area contributed by atoms with Gasteiger partial charge in [0.1, 0.15) is 94.8 Å². The third kappa shape index (κ3) is 10.5. The predicted octanol–water partition coefficient (Wildman–Crippen LogP) is 14.7. The lowest BCUT2D eigenvalue weighted by molar-refractivity contribution is -0.184. The van der Waals surface area contributed by atoms with Crippen molar-refractivity contribution in [3.63, 3.8) is 0 Å². The first kappa shape index (κ1) is 63.1. The molecule has 98 heavy (non-hydrogen) atoms. The molecule has 0 radical (unpaired) electrons. The molecular weight excluding hydrogens is 1350 g/mol. The minimum atomic E-state index is -3.04. The van der Waals surface area contributed by atoms with E-state index in [1.54, 1.807) is 146 Å². The van der Waals surface area contributed by atoms with Gasteiger partial charge in [0.25, 0.3) is 0 Å². The van der Waals surface area contributed by atoms with Crippen molar-refractivity contribution in [1.82, 2.24) is 0 Å². The van der Waals surface area contributed by atoms with Crippen molar-refractivity contribution >= 4 is 123 Å². The molecule has 6 heterocycles. The van der Waals surface area contributed by atoms with Crippen LogP contribution in [-0.4, -0.2) is 46.9 Å². The maximum atomic E-state index is 15.9. The van der Waals surface area contributed by atoms with Crippen LogP contribution in [0.15, 0.2) is 179 Å². The number of Topliss-reactive ketones (excluding diaryl/α,β-unsaturated/α-hetero) is 2. The summed E-state index contributed by atoms with van der Waals surface area (Å²) in [5, 5.41) is 40.3. The fraction of sp³-hybridized carbons (Fsp3) is 0.0833. The second-order valence-corrected chi connectivity index (χ2v) is 25.9. The van der Waals surface area contributed by atoms with E-state index in [4.69, 9.17) is 28.4 Å². The van der Waals surface area contributed by atoms with E-state index in [1.807, 2.05) is 0 Å². The molecule has 6 aromatic carbocycles. The highest BCUT2D eigenvalue weighted by atomic mass is 32.1. The van der Waals surface area contributed by atoms with Crippen LogP contribution in [0, 0.1) is 68.6 Å². The van der Waals surface area contributed by atoms with Crippen molar-refractivity contribution in [3.8, 4) is 55.3 Å². The Kier molecular flexibility index (Phi) is 16.2. The molecule has 0 spiro atoms. The van der Waals surface area contributed by atoms with E-state index in [1.165, 1.54) is 12.1 Å². The highest BCUT2D eigenvalue weighted by molar-refractivity contribution is 7.35. The Balaban J connectivity index is 1.04. The Morgan fingerprint density at radius 1 is 0.408 bits per heavy atom. The number of nitrogens with zero attached hydrogens (tertiary/aromatic N) is 6. The average Bonchev–Trinajstić information content (AvgIpc) is 1.51. The lowest BCUT2D eigenvalue weighted by Gasteiger charge is -2.33. The van der Waals surface area contributed by atoms with E-state index >= 15 is 19.2 Å². The first-order valence-corrected chi connectivity index (χ1v) is 32.2. The molecule has 10 aromatic rings. The summed E-state index contributed by atoms with van der Waals surface area (Å²) in [6, 6.07) is 45.2. The number of ether oxygens (including phenoxy) is 6. The molecule has 0 unspecified atom stereocenters. The lowest BCUT2D eigenvalue weighted by atomic mass is 9.88. The highest BCUT2D eigenvalue weighted by Gasteiger charge is 2.64. The second-order valence-electron chi connectivity index (χ2n) is 21.8. The van der Waals surface area contributed by atoms with Gasteiger partial charge in [0.05, 0.1) is 40.0 Å². The van der Waals surface area contributed by atoms with E-state index < -0.39 is 141 Å². The summed E-state index contributed by atoms with van der Waals surface area (Å²) in [5.74, 6) is -13.6. The largest absolute Gasteiger partial charge is 0.458 e. The van der Waals surface area contributed by atoms with Gasteiger partial charge < -0.3 is 28.4 Å². The van der Waals surface area contributed by atoms with Crippen molar-refractivity contribution in [2.24, 2.45) is 9.98 Å². The highest BCUT2D eigenvalue weighted by Crippen LogP contribution is 2.65. The van der Waals surface area contributed by atoms with Gasteiger partial charge in [0.2, 0.25) is 11.6 Å². The average molecular weight is 1380 g/mol. The van der Waals surface area contributed by atoms with Gasteiger partial charge in [-0.1, -0.05) is 121 Å². The third-order valence-corrected chi connectivity index (χ3v) is 20.9. The van der Waals surface area contributed by atoms with Gasteiger partial charge in [-0.25, -0.2) is 46.7 Å². The zero-order valence-corrected chi connectivity index (χ0v) is 52.8. The number of rotatable bonds is 14. The Morgan fingerprint density at radius 3 is 0.980 bits per heavy atom. The van der Waals surface area contributed by atoms with Gasteiger partial charge in [0.15, 0.2) is 23.3 Å². The van der Waals surface area contributed by atoms with Gasteiger partial charge in [0, 0.05) is 45.5 Å². The molecule has 0 N–H and O–H groups in total. The van der Waals surface area contributed by atoms with Crippen LogP contribution >= 0.6 is 45.3 Å². The number of thiophene rings is 4. The minimum Gasteiger partial charge on any atom is -0.458 e. The Hall–Kier alpha value is -12.3. The predicted molar refractivity (Wildman–Crippen MR) is 348 cm³/mol. The number of hydrogen-bond acceptors (Lipinski definition) is 22. The Morgan fingerprint density at radius 2 is 0.694 bits per heavy atom. The molecule has 0 bridgehead atoms. The zero-order chi connectivity index (χ0) is 68.3. The molecule has 0 saturated carbocycles. The number of ketones is 2. The molecule has 0 atom stereocenters. The van der Waals surface area contributed by atoms with Gasteiger partial charge in [-0.15, -0.1) is 45.3 Å². The summed E-state index contributed by atoms with van der Waals surface area (Å²) in [5.41, 5.74) is -9.69. The topological polar surface area (TPSA) is 278 Å². The van der Waals surface area contributed by atoms with Crippen molar-refractivity contribution in [2.75, 3.05) is 0 Å². The molecule has 2 aliphatic carbocycles. The smallest absolute Gasteiger partial charge is 0.367 e. The molecule has 14 rings (SSSR count). The fourth-order valence-electron chi connectivity index (χ4n) is 11.5. The number of fused-ring (bicyclic) bond motifs is 11. The maximum Gasteiger partial charge on any atom is 0.367 e. The van der Waals surface area contributed by atoms with Crippen molar-refractivity contribution in [2.45, 2.75) is 37.6 Å². The van der Waals surface area contributed by atoms with Crippen LogP contribution in [0.4, 0.5) is 27.6 Å². The molecular formula is C72H34F4N6O12S4. The summed E-state index contributed by atoms with van der Waals surface area (Å²) in [4.78, 5) is 101. The molecule has 18 nitrogen and oxygen atoms in total. The number of allylic oxidation sites excluding steroid dienone is 4. The molecule has 0 fully saturated rings. The molecule has 4 aliphatic rings. The van der Waals surface area contributed by atoms with E-state index in [-0.39, 0.29) is 72.7 Å². The standard InChI is InChI=1S/C72H34F4N6O12S4/c73-45-21-41-43(23-47(45)75)59(83)57(53(41)39(27-77)28-78)81-51-25-49-61(95-51)63-55(71(93-49,67(85)89-31-35-13-5-1-6-14-35)68(86)90-32-36-15-7-2-8-16-36)65-66(97-63)56-64(98-65)62-50(26-52(96-62)82-58-54(40(29-79)30-80)42-22-46(74)48(76)24-44(42)60(58)84)94-72(56,69(87)91-33-37-17-9-3-10-18-37)70(88)92-34-38-19-11-4-12-20-38/h1-26H,31-34H2. The van der Waals surface area contributed by atoms with Crippen LogP contribution in [0.2, 0.25) is 0 Å². The second kappa shape index (κ2) is 25.1. The molecule has 4 aromatic heterocycles. The number of carbonyl (C=O) groups is 6. The quantitative estimate of drug-likeness (QED) is 0.0321. The first-order chi connectivity index (χ1) is 47.5. The molecule has 26 heteroatoms. The molecule has 2 aliphatic heterocycles. The number of esters is 4. The number of carbonyl (C=O) groups excluding carboxylic acids is 6. The number of benzene rings is 6. The van der Waals surface area contributed by atoms with Crippen LogP contribution in [0.3, 0.4) is 0 Å². The number of aliphatic imine (C=N–C) groups is 2. The van der Waals surface area contributed by atoms with Gasteiger partial charge in [-0.05, 0) is 46.5 Å². The van der Waals surface area contributed by atoms with Gasteiger partial charge in [-0.2, -0.15) is 21.0 Å². The van der Waals surface area contributed by atoms with Crippen molar-refractivity contribution in [3.05, 3.63) is 248 Å². The Bertz CT molecular complexity index is 5000. The summed E-state index contributed by atoms with van der Waals surface area (Å²) in [7, 11) is 0. The van der Waals surface area contributed by atoms with E-state index in [9.17, 15) is 48.2 Å². The summed E-state index contributed by atoms with van der Waals surface area (Å²) in [6.45, 7) is -1.85. The first-order valence-electron chi connectivity index (χ1n) is 29.0. The van der Waals surface area contributed by atoms with Crippen LogP contribution in [0.25, 0.3) is 40.1 Å². The molecule has 0 amide bonds. The van der Waals surface area contributed by atoms with Crippen LogP contribution in [-0.2, 0) is 75.8 Å². The molecule has 476 valence electrons. The van der Waals surface area contributed by atoms with Crippen molar-refractivity contribution in [1.29, 1.82) is 21.0 Å². The number of hydrogen-bond donors (Lipinski definition) is 0. The number of halogens is 4. The monoisotopic (exact) mass is 1380 g/mol. The third-order valence-electron chi connectivity index (χ3n) is 16.0. The number of nitriles is 4. The van der Waals surface area contributed by atoms with Crippen LogP contribution in [0.1, 0.15) is 65.2 Å². The summed E-state index contributed by atoms with van der Waals surface area (Å²) in [6.07, 6.45) is 0. The zero-order valence-electron chi connectivity index (χ0n) is 49.6. The fourth-order valence-corrected chi connectivity index (χ4v) is 16.8. The summed E-state index contributed by atoms with van der Waals surface area (Å²) >= 11 is 3.19. The van der Waals surface area contributed by atoms with Gasteiger partial charge in [-0.3, -0.25) is 9.59 Å². The van der Waals surface area contributed by atoms with E-state index in [0.29, 0.717) is 46.5 Å². The maximum absolute atomic E-state index is 15.9.